The normalized spacial score (nSPS) is 13.6. The first-order chi connectivity index (χ1) is 7.45. The molecule has 1 aliphatic heterocycles. The van der Waals surface area contributed by atoms with E-state index in [-0.39, 0.29) is 0 Å². The van der Waals surface area contributed by atoms with Gasteiger partial charge in [-0.05, 0) is 11.1 Å². The van der Waals surface area contributed by atoms with Crippen molar-refractivity contribution in [1.82, 2.24) is 0 Å². The highest BCUT2D eigenvalue weighted by molar-refractivity contribution is 6.98. The Kier molecular flexibility index (Phi) is 1.95. The van der Waals surface area contributed by atoms with Gasteiger partial charge in [-0.3, -0.25) is 0 Å². The van der Waals surface area contributed by atoms with Crippen LogP contribution < -0.4 is 0 Å². The summed E-state index contributed by atoms with van der Waals surface area (Å²) in [5.41, 5.74) is 5.39. The fraction of sp³-hybridized carbons (Fsp3) is 0. The average molecular weight is 189 g/mol. The molecule has 0 aromatic heterocycles. The van der Waals surface area contributed by atoms with Gasteiger partial charge in [-0.15, -0.1) is 0 Å². The second-order valence-corrected chi connectivity index (χ2v) is 3.70. The fourth-order valence-electron chi connectivity index (χ4n) is 1.82. The maximum absolute atomic E-state index is 2.24. The Morgan fingerprint density at radius 3 is 1.33 bits per heavy atom. The zero-order valence-corrected chi connectivity index (χ0v) is 8.35. The summed E-state index contributed by atoms with van der Waals surface area (Å²) < 4.78 is 0. The molecule has 1 heterocycles. The van der Waals surface area contributed by atoms with E-state index in [1.54, 1.807) is 0 Å². The predicted octanol–water partition coefficient (Wildman–Crippen LogP) is 3.23. The van der Waals surface area contributed by atoms with Crippen LogP contribution in [0.1, 0.15) is 11.1 Å². The lowest BCUT2D eigenvalue weighted by Crippen LogP contribution is -1.72. The van der Waals surface area contributed by atoms with Gasteiger partial charge in [0.1, 0.15) is 0 Å². The molecule has 0 aliphatic carbocycles. The minimum atomic E-state index is 1.32. The Labute approximate surface area is 90.5 Å². The lowest BCUT2D eigenvalue weighted by Gasteiger charge is -1.93. The van der Waals surface area contributed by atoms with Crippen LogP contribution in [-0.2, 0) is 0 Å². The van der Waals surface area contributed by atoms with Gasteiger partial charge in [0.2, 0.25) is 0 Å². The van der Waals surface area contributed by atoms with Gasteiger partial charge >= 0.3 is 0 Å². The molecule has 1 heteroatoms. The molecule has 0 saturated heterocycles. The zero-order valence-electron chi connectivity index (χ0n) is 8.35. The van der Waals surface area contributed by atoms with Crippen LogP contribution in [0.15, 0.2) is 60.7 Å². The number of hydrogen-bond acceptors (Lipinski definition) is 0. The Hall–Kier alpha value is -1.76. The van der Waals surface area contributed by atoms with Crippen molar-refractivity contribution in [1.29, 1.82) is 0 Å². The van der Waals surface area contributed by atoms with Crippen molar-refractivity contribution in [3.8, 4) is 0 Å². The smallest absolute Gasteiger partial charge is 0.0794 e. The van der Waals surface area contributed by atoms with Gasteiger partial charge in [-0.2, -0.15) is 0 Å². The quantitative estimate of drug-likeness (QED) is 0.636. The Bertz CT molecular complexity index is 450. The first-order valence-electron chi connectivity index (χ1n) is 5.15. The molecule has 2 aromatic rings. The van der Waals surface area contributed by atoms with Crippen molar-refractivity contribution in [3.05, 3.63) is 71.8 Å². The highest BCUT2D eigenvalue weighted by Gasteiger charge is 2.25. The van der Waals surface area contributed by atoms with E-state index < -0.39 is 0 Å². The molecule has 0 amide bonds. The van der Waals surface area contributed by atoms with Crippen molar-refractivity contribution < 1.29 is 0 Å². The first-order valence-corrected chi connectivity index (χ1v) is 5.15. The summed E-state index contributed by atoms with van der Waals surface area (Å²) in [4.78, 5) is 0. The molecule has 0 atom stereocenters. The van der Waals surface area contributed by atoms with E-state index >= 15 is 0 Å². The van der Waals surface area contributed by atoms with Crippen molar-refractivity contribution in [2.75, 3.05) is 0 Å². The summed E-state index contributed by atoms with van der Waals surface area (Å²) in [6, 6.07) is 21.0. The molecule has 0 saturated carbocycles. The van der Waals surface area contributed by atoms with Crippen LogP contribution >= 0.6 is 0 Å². The third kappa shape index (κ3) is 1.61. The van der Waals surface area contributed by atoms with Crippen LogP contribution in [0, 0.1) is 0 Å². The van der Waals surface area contributed by atoms with E-state index in [1.165, 1.54) is 22.1 Å². The van der Waals surface area contributed by atoms with Crippen LogP contribution in [0.2, 0.25) is 0 Å². The van der Waals surface area contributed by atoms with E-state index in [1.807, 2.05) is 0 Å². The van der Waals surface area contributed by atoms with Crippen molar-refractivity contribution in [3.63, 3.8) is 0 Å². The summed E-state index contributed by atoms with van der Waals surface area (Å²) >= 11 is 0. The summed E-state index contributed by atoms with van der Waals surface area (Å²) in [5, 5.41) is 0. The summed E-state index contributed by atoms with van der Waals surface area (Å²) in [6.45, 7) is 0. The molecule has 1 radical (unpaired) electrons. The highest BCUT2D eigenvalue weighted by Crippen LogP contribution is 2.38. The molecule has 0 fully saturated rings. The number of hydrogen-bond donors (Lipinski definition) is 0. The predicted molar refractivity (Wildman–Crippen MR) is 65.5 cm³/mol. The van der Waals surface area contributed by atoms with Crippen molar-refractivity contribution in [2.45, 2.75) is 0 Å². The topological polar surface area (TPSA) is 0 Å². The molecule has 69 valence electrons. The number of benzene rings is 2. The summed E-state index contributed by atoms with van der Waals surface area (Å²) in [5.74, 6) is 0. The molecular weight excluding hydrogens is 179 g/mol. The minimum absolute atomic E-state index is 1.32. The third-order valence-electron chi connectivity index (χ3n) is 2.67. The van der Waals surface area contributed by atoms with Crippen LogP contribution in [0.4, 0.5) is 0 Å². The van der Waals surface area contributed by atoms with E-state index in [0.717, 1.165) is 0 Å². The molecule has 2 aromatic carbocycles. The largest absolute Gasteiger partial charge is 0.191 e. The van der Waals surface area contributed by atoms with E-state index in [9.17, 15) is 0 Å². The molecular formula is C14H10B. The summed E-state index contributed by atoms with van der Waals surface area (Å²) in [6.07, 6.45) is 0. The second kappa shape index (κ2) is 3.43. The molecule has 0 nitrogen and oxygen atoms in total. The number of rotatable bonds is 2. The SMILES string of the molecule is [B]1C(c2ccccc2)=C1c1ccccc1. The van der Waals surface area contributed by atoms with Crippen LogP contribution in [0.3, 0.4) is 0 Å². The van der Waals surface area contributed by atoms with Crippen molar-refractivity contribution in [2.24, 2.45) is 0 Å². The van der Waals surface area contributed by atoms with E-state index in [4.69, 9.17) is 0 Å². The standard InChI is InChI=1S/C14H10B/c1-3-7-11(8-4-1)13-14(15-13)12-9-5-2-6-10-12/h1-10H. The van der Waals surface area contributed by atoms with Crippen molar-refractivity contribution >= 4 is 18.2 Å². The minimum Gasteiger partial charge on any atom is -0.0794 e. The van der Waals surface area contributed by atoms with Crippen LogP contribution in [0.5, 0.6) is 0 Å². The van der Waals surface area contributed by atoms with Crippen LogP contribution in [0.25, 0.3) is 10.9 Å². The fourth-order valence-corrected chi connectivity index (χ4v) is 1.82. The second-order valence-electron chi connectivity index (χ2n) is 3.70. The first kappa shape index (κ1) is 8.54. The lowest BCUT2D eigenvalue weighted by atomic mass is 9.87. The molecule has 1 aliphatic rings. The summed E-state index contributed by atoms with van der Waals surface area (Å²) in [7, 11) is 2.24. The third-order valence-corrected chi connectivity index (χ3v) is 2.67. The zero-order chi connectivity index (χ0) is 10.1. The van der Waals surface area contributed by atoms with Gasteiger partial charge in [-0.25, -0.2) is 0 Å². The Balaban J connectivity index is 1.97. The Morgan fingerprint density at radius 2 is 0.933 bits per heavy atom. The maximum Gasteiger partial charge on any atom is 0.191 e. The molecule has 0 bridgehead atoms. The van der Waals surface area contributed by atoms with Gasteiger partial charge in [0.25, 0.3) is 0 Å². The van der Waals surface area contributed by atoms with Gasteiger partial charge < -0.3 is 0 Å². The Morgan fingerprint density at radius 1 is 0.533 bits per heavy atom. The van der Waals surface area contributed by atoms with E-state index in [0.29, 0.717) is 0 Å². The molecule has 3 rings (SSSR count). The van der Waals surface area contributed by atoms with Gasteiger partial charge in [-0.1, -0.05) is 71.6 Å². The monoisotopic (exact) mass is 189 g/mol. The molecule has 0 N–H and O–H groups in total. The van der Waals surface area contributed by atoms with Gasteiger partial charge in [0.15, 0.2) is 7.28 Å². The van der Waals surface area contributed by atoms with Crippen LogP contribution in [-0.4, -0.2) is 7.28 Å². The average Bonchev–Trinajstić information content (AvgIpc) is 3.11. The molecule has 0 spiro atoms. The maximum atomic E-state index is 2.24. The molecule has 15 heavy (non-hydrogen) atoms. The van der Waals surface area contributed by atoms with Gasteiger partial charge in [0.05, 0.1) is 0 Å². The van der Waals surface area contributed by atoms with Gasteiger partial charge in [0, 0.05) is 0 Å². The van der Waals surface area contributed by atoms with E-state index in [2.05, 4.69) is 67.9 Å². The highest BCUT2D eigenvalue weighted by atomic mass is 14.1. The lowest BCUT2D eigenvalue weighted by molar-refractivity contribution is 1.65. The molecule has 0 unspecified atom stereocenters.